The van der Waals surface area contributed by atoms with Crippen molar-refractivity contribution in [2.24, 2.45) is 5.16 Å². The summed E-state index contributed by atoms with van der Waals surface area (Å²) in [7, 11) is 1.74. The normalized spacial score (nSPS) is 24.5. The van der Waals surface area contributed by atoms with Crippen LogP contribution >= 0.6 is 23.1 Å². The van der Waals surface area contributed by atoms with Gasteiger partial charge in [-0.3, -0.25) is 0 Å². The molecule has 1 aliphatic heterocycles. The van der Waals surface area contributed by atoms with Crippen molar-refractivity contribution in [1.29, 1.82) is 0 Å². The Hall–Kier alpha value is -1.41. The first-order valence-electron chi connectivity index (χ1n) is 7.69. The predicted molar refractivity (Wildman–Crippen MR) is 95.4 cm³/mol. The zero-order chi connectivity index (χ0) is 17.2. The van der Waals surface area contributed by atoms with Gasteiger partial charge in [0.05, 0.1) is 23.3 Å². The van der Waals surface area contributed by atoms with Crippen LogP contribution in [0.1, 0.15) is 30.7 Å². The van der Waals surface area contributed by atoms with Crippen LogP contribution in [0.25, 0.3) is 0 Å². The molecule has 1 saturated heterocycles. The predicted octanol–water partition coefficient (Wildman–Crippen LogP) is 4.14. The molecule has 0 aliphatic carbocycles. The fourth-order valence-corrected chi connectivity index (χ4v) is 5.07. The van der Waals surface area contributed by atoms with Gasteiger partial charge in [0, 0.05) is 24.6 Å². The standard InChI is InChI=1S/C17H20N2O3S2/c1-11(19-20)13-4-6-14(7-5-13)23-16-18-10-15(24-16)17(21-3)8-9-22-12(17)2/h4-7,10,12,20H,8-9H2,1-3H3. The van der Waals surface area contributed by atoms with Crippen LogP contribution < -0.4 is 0 Å². The number of aromatic nitrogens is 1. The van der Waals surface area contributed by atoms with E-state index in [2.05, 4.69) is 10.1 Å². The fraction of sp³-hybridized carbons (Fsp3) is 0.412. The maximum Gasteiger partial charge on any atom is 0.154 e. The lowest BCUT2D eigenvalue weighted by Crippen LogP contribution is -2.34. The second-order valence-electron chi connectivity index (χ2n) is 5.66. The molecule has 0 bridgehead atoms. The molecular weight excluding hydrogens is 344 g/mol. The van der Waals surface area contributed by atoms with Gasteiger partial charge in [0.25, 0.3) is 0 Å². The molecule has 2 heterocycles. The number of hydrogen-bond acceptors (Lipinski definition) is 7. The minimum absolute atomic E-state index is 0.0285. The Labute approximate surface area is 149 Å². The molecule has 3 rings (SSSR count). The molecule has 128 valence electrons. The number of ether oxygens (including phenoxy) is 2. The van der Waals surface area contributed by atoms with Crippen LogP contribution in [-0.2, 0) is 15.1 Å². The van der Waals surface area contributed by atoms with Crippen molar-refractivity contribution in [3.8, 4) is 0 Å². The lowest BCUT2D eigenvalue weighted by Gasteiger charge is -2.29. The summed E-state index contributed by atoms with van der Waals surface area (Å²) in [5.74, 6) is 0. The maximum absolute atomic E-state index is 8.82. The summed E-state index contributed by atoms with van der Waals surface area (Å²) in [5, 5.41) is 12.0. The van der Waals surface area contributed by atoms with Crippen LogP contribution in [0, 0.1) is 0 Å². The Kier molecular flexibility index (Phi) is 5.24. The van der Waals surface area contributed by atoms with Crippen LogP contribution in [0.4, 0.5) is 0 Å². The van der Waals surface area contributed by atoms with Crippen LogP contribution in [0.3, 0.4) is 0 Å². The zero-order valence-corrected chi connectivity index (χ0v) is 15.5. The van der Waals surface area contributed by atoms with E-state index < -0.39 is 0 Å². The zero-order valence-electron chi connectivity index (χ0n) is 13.9. The topological polar surface area (TPSA) is 63.9 Å². The molecule has 24 heavy (non-hydrogen) atoms. The number of benzene rings is 1. The third-order valence-electron chi connectivity index (χ3n) is 4.39. The number of methoxy groups -OCH3 is 1. The van der Waals surface area contributed by atoms with Gasteiger partial charge < -0.3 is 14.7 Å². The van der Waals surface area contributed by atoms with Crippen LogP contribution in [0.15, 0.2) is 44.9 Å². The summed E-state index contributed by atoms with van der Waals surface area (Å²) in [5.41, 5.74) is 1.12. The van der Waals surface area contributed by atoms with Gasteiger partial charge in [-0.15, -0.1) is 11.3 Å². The number of oxime groups is 1. The Morgan fingerprint density at radius 3 is 2.79 bits per heavy atom. The highest BCUT2D eigenvalue weighted by Crippen LogP contribution is 2.43. The first-order valence-corrected chi connectivity index (χ1v) is 9.32. The highest BCUT2D eigenvalue weighted by molar-refractivity contribution is 8.01. The van der Waals surface area contributed by atoms with Gasteiger partial charge in [-0.1, -0.05) is 29.1 Å². The highest BCUT2D eigenvalue weighted by atomic mass is 32.2. The van der Waals surface area contributed by atoms with Crippen molar-refractivity contribution >= 4 is 28.8 Å². The molecule has 0 amide bonds. The summed E-state index contributed by atoms with van der Waals surface area (Å²) in [6, 6.07) is 7.89. The average Bonchev–Trinajstić information content (AvgIpc) is 3.22. The molecule has 1 fully saturated rings. The monoisotopic (exact) mass is 364 g/mol. The van der Waals surface area contributed by atoms with Crippen molar-refractivity contribution in [2.75, 3.05) is 13.7 Å². The molecule has 0 spiro atoms. The largest absolute Gasteiger partial charge is 0.411 e. The van der Waals surface area contributed by atoms with Gasteiger partial charge in [-0.2, -0.15) is 0 Å². The molecule has 1 aromatic heterocycles. The summed E-state index contributed by atoms with van der Waals surface area (Å²) >= 11 is 3.26. The van der Waals surface area contributed by atoms with Crippen molar-refractivity contribution in [2.45, 2.75) is 41.2 Å². The minimum Gasteiger partial charge on any atom is -0.411 e. The third-order valence-corrected chi connectivity index (χ3v) is 6.63. The molecule has 2 atom stereocenters. The molecule has 7 heteroatoms. The molecule has 1 N–H and O–H groups in total. The number of thiazole rings is 1. The van der Waals surface area contributed by atoms with Crippen molar-refractivity contribution in [3.05, 3.63) is 40.9 Å². The van der Waals surface area contributed by atoms with E-state index in [-0.39, 0.29) is 11.7 Å². The Morgan fingerprint density at radius 1 is 1.46 bits per heavy atom. The van der Waals surface area contributed by atoms with E-state index in [0.29, 0.717) is 12.3 Å². The average molecular weight is 364 g/mol. The lowest BCUT2D eigenvalue weighted by atomic mass is 9.95. The molecular formula is C17H20N2O3S2. The van der Waals surface area contributed by atoms with Gasteiger partial charge in [0.1, 0.15) is 5.60 Å². The van der Waals surface area contributed by atoms with E-state index in [0.717, 1.165) is 26.1 Å². The Balaban J connectivity index is 1.77. The highest BCUT2D eigenvalue weighted by Gasteiger charge is 2.45. The molecule has 1 aliphatic rings. The van der Waals surface area contributed by atoms with E-state index in [1.807, 2.05) is 37.4 Å². The smallest absolute Gasteiger partial charge is 0.154 e. The van der Waals surface area contributed by atoms with Crippen LogP contribution in [0.2, 0.25) is 0 Å². The number of nitrogens with zero attached hydrogens (tertiary/aromatic N) is 2. The van der Waals surface area contributed by atoms with Gasteiger partial charge in [-0.05, 0) is 31.5 Å². The Morgan fingerprint density at radius 2 is 2.21 bits per heavy atom. The molecule has 5 nitrogen and oxygen atoms in total. The maximum atomic E-state index is 8.82. The van der Waals surface area contributed by atoms with Gasteiger partial charge in [0.15, 0.2) is 4.34 Å². The first-order chi connectivity index (χ1) is 11.6. The van der Waals surface area contributed by atoms with Crippen molar-refractivity contribution in [1.82, 2.24) is 4.98 Å². The van der Waals surface area contributed by atoms with Crippen molar-refractivity contribution < 1.29 is 14.7 Å². The molecule has 0 radical (unpaired) electrons. The first kappa shape index (κ1) is 17.4. The molecule has 1 aromatic carbocycles. The van der Waals surface area contributed by atoms with Crippen LogP contribution in [0.5, 0.6) is 0 Å². The number of hydrogen-bond donors (Lipinski definition) is 1. The van der Waals surface area contributed by atoms with Gasteiger partial charge >= 0.3 is 0 Å². The number of rotatable bonds is 5. The fourth-order valence-electron chi connectivity index (χ4n) is 2.84. The summed E-state index contributed by atoms with van der Waals surface area (Å²) in [6.07, 6.45) is 2.78. The summed E-state index contributed by atoms with van der Waals surface area (Å²) in [4.78, 5) is 6.74. The minimum atomic E-state index is -0.380. The quantitative estimate of drug-likeness (QED) is 0.491. The van der Waals surface area contributed by atoms with Crippen LogP contribution in [-0.4, -0.2) is 35.7 Å². The lowest BCUT2D eigenvalue weighted by molar-refractivity contribution is -0.0623. The summed E-state index contributed by atoms with van der Waals surface area (Å²) < 4.78 is 12.5. The van der Waals surface area contributed by atoms with E-state index in [4.69, 9.17) is 14.7 Å². The SMILES string of the molecule is COC1(c2cnc(Sc3ccc(C(C)=NO)cc3)s2)CCOC1C. The second-order valence-corrected chi connectivity index (χ2v) is 8.01. The van der Waals surface area contributed by atoms with E-state index in [1.165, 1.54) is 0 Å². The van der Waals surface area contributed by atoms with E-state index in [9.17, 15) is 0 Å². The van der Waals surface area contributed by atoms with Gasteiger partial charge in [0.2, 0.25) is 0 Å². The van der Waals surface area contributed by atoms with E-state index in [1.54, 1.807) is 37.1 Å². The summed E-state index contributed by atoms with van der Waals surface area (Å²) in [6.45, 7) is 4.53. The Bertz CT molecular complexity index is 730. The second kappa shape index (κ2) is 7.23. The molecule has 2 aromatic rings. The molecule has 2 unspecified atom stereocenters. The van der Waals surface area contributed by atoms with Gasteiger partial charge in [-0.25, -0.2) is 4.98 Å². The third kappa shape index (κ3) is 3.21. The van der Waals surface area contributed by atoms with Crippen molar-refractivity contribution in [3.63, 3.8) is 0 Å². The molecule has 0 saturated carbocycles. The van der Waals surface area contributed by atoms with E-state index >= 15 is 0 Å².